The standard InChI is InChI=1S/C16H23N3/c1-16(2,12-17)8-3-4-9-19-10-7-13-5-6-14(18)11-15(13)19/h5-6,11H,3-4,7-10,18H2,1-2H3. The summed E-state index contributed by atoms with van der Waals surface area (Å²) in [4.78, 5) is 2.42. The van der Waals surface area contributed by atoms with Gasteiger partial charge in [-0.15, -0.1) is 0 Å². The van der Waals surface area contributed by atoms with Gasteiger partial charge in [-0.2, -0.15) is 5.26 Å². The Labute approximate surface area is 116 Å². The molecule has 0 atom stereocenters. The van der Waals surface area contributed by atoms with E-state index in [1.54, 1.807) is 0 Å². The first-order chi connectivity index (χ1) is 9.02. The van der Waals surface area contributed by atoms with Crippen LogP contribution >= 0.6 is 0 Å². The summed E-state index contributed by atoms with van der Waals surface area (Å²) in [5.41, 5.74) is 9.23. The van der Waals surface area contributed by atoms with Gasteiger partial charge in [-0.25, -0.2) is 0 Å². The van der Waals surface area contributed by atoms with Crippen LogP contribution in [-0.4, -0.2) is 13.1 Å². The number of nitrogens with zero attached hydrogens (tertiary/aromatic N) is 2. The van der Waals surface area contributed by atoms with Crippen molar-refractivity contribution in [2.75, 3.05) is 23.7 Å². The number of benzene rings is 1. The molecular weight excluding hydrogens is 234 g/mol. The van der Waals surface area contributed by atoms with Crippen molar-refractivity contribution in [2.45, 2.75) is 39.5 Å². The summed E-state index contributed by atoms with van der Waals surface area (Å²) in [5, 5.41) is 8.99. The molecule has 2 rings (SSSR count). The van der Waals surface area contributed by atoms with Gasteiger partial charge in [0.05, 0.1) is 11.5 Å². The summed E-state index contributed by atoms with van der Waals surface area (Å²) in [6.07, 6.45) is 4.34. The van der Waals surface area contributed by atoms with Gasteiger partial charge in [0.15, 0.2) is 0 Å². The number of hydrogen-bond acceptors (Lipinski definition) is 3. The zero-order chi connectivity index (χ0) is 13.9. The zero-order valence-corrected chi connectivity index (χ0v) is 11.9. The molecule has 0 aliphatic carbocycles. The highest BCUT2D eigenvalue weighted by Crippen LogP contribution is 2.30. The Morgan fingerprint density at radius 3 is 2.89 bits per heavy atom. The van der Waals surface area contributed by atoms with Crippen molar-refractivity contribution in [3.63, 3.8) is 0 Å². The van der Waals surface area contributed by atoms with Gasteiger partial charge in [-0.1, -0.05) is 12.5 Å². The van der Waals surface area contributed by atoms with Crippen molar-refractivity contribution >= 4 is 11.4 Å². The molecule has 0 spiro atoms. The Hall–Kier alpha value is -1.69. The molecule has 0 fully saturated rings. The second-order valence-corrected chi connectivity index (χ2v) is 6.08. The van der Waals surface area contributed by atoms with E-state index in [-0.39, 0.29) is 5.41 Å². The van der Waals surface area contributed by atoms with Gasteiger partial charge in [0.1, 0.15) is 0 Å². The number of hydrogen-bond donors (Lipinski definition) is 1. The van der Waals surface area contributed by atoms with Gasteiger partial charge < -0.3 is 10.6 Å². The molecule has 0 saturated heterocycles. The van der Waals surface area contributed by atoms with Crippen LogP contribution < -0.4 is 10.6 Å². The van der Waals surface area contributed by atoms with E-state index in [0.29, 0.717) is 0 Å². The fourth-order valence-electron chi connectivity index (χ4n) is 2.62. The quantitative estimate of drug-likeness (QED) is 0.650. The third-order valence-corrected chi connectivity index (χ3v) is 3.88. The van der Waals surface area contributed by atoms with E-state index < -0.39 is 0 Å². The number of fused-ring (bicyclic) bond motifs is 1. The average molecular weight is 257 g/mol. The Morgan fingerprint density at radius 1 is 1.37 bits per heavy atom. The van der Waals surface area contributed by atoms with Crippen LogP contribution in [0.3, 0.4) is 0 Å². The second-order valence-electron chi connectivity index (χ2n) is 6.08. The Kier molecular flexibility index (Phi) is 3.99. The van der Waals surface area contributed by atoms with Crippen molar-refractivity contribution in [3.8, 4) is 6.07 Å². The Morgan fingerprint density at radius 2 is 2.16 bits per heavy atom. The fourth-order valence-corrected chi connectivity index (χ4v) is 2.62. The van der Waals surface area contributed by atoms with Crippen LogP contribution in [0.2, 0.25) is 0 Å². The molecule has 1 aromatic rings. The van der Waals surface area contributed by atoms with E-state index >= 15 is 0 Å². The lowest BCUT2D eigenvalue weighted by atomic mass is 9.89. The fraction of sp³-hybridized carbons (Fsp3) is 0.562. The van der Waals surface area contributed by atoms with Crippen molar-refractivity contribution in [1.82, 2.24) is 0 Å². The van der Waals surface area contributed by atoms with Crippen LogP contribution in [-0.2, 0) is 6.42 Å². The van der Waals surface area contributed by atoms with Gasteiger partial charge in [0, 0.05) is 24.5 Å². The maximum atomic E-state index is 8.99. The Balaban J connectivity index is 1.84. The van der Waals surface area contributed by atoms with E-state index in [4.69, 9.17) is 11.0 Å². The molecule has 1 heterocycles. The first kappa shape index (κ1) is 13.7. The van der Waals surface area contributed by atoms with Gasteiger partial charge in [-0.3, -0.25) is 0 Å². The number of nitriles is 1. The normalized spacial score (nSPS) is 14.3. The molecule has 1 aromatic carbocycles. The maximum Gasteiger partial charge on any atom is 0.0683 e. The molecule has 3 nitrogen and oxygen atoms in total. The predicted octanol–water partition coefficient (Wildman–Crippen LogP) is 3.35. The molecule has 1 aliphatic rings. The molecule has 102 valence electrons. The van der Waals surface area contributed by atoms with E-state index in [2.05, 4.69) is 23.1 Å². The number of rotatable bonds is 5. The van der Waals surface area contributed by atoms with Gasteiger partial charge in [-0.05, 0) is 50.8 Å². The summed E-state index contributed by atoms with van der Waals surface area (Å²) in [6.45, 7) is 6.19. The maximum absolute atomic E-state index is 8.99. The molecule has 0 aromatic heterocycles. The van der Waals surface area contributed by atoms with E-state index in [9.17, 15) is 0 Å². The number of nitrogen functional groups attached to an aromatic ring is 1. The topological polar surface area (TPSA) is 53.0 Å². The van der Waals surface area contributed by atoms with Crippen LogP contribution in [0.4, 0.5) is 11.4 Å². The molecule has 3 heteroatoms. The highest BCUT2D eigenvalue weighted by Gasteiger charge is 2.19. The lowest BCUT2D eigenvalue weighted by molar-refractivity contribution is 0.427. The SMILES string of the molecule is CC(C)(C#N)CCCCN1CCc2ccc(N)cc21. The molecule has 0 unspecified atom stereocenters. The van der Waals surface area contributed by atoms with Gasteiger partial charge >= 0.3 is 0 Å². The molecular formula is C16H23N3. The van der Waals surface area contributed by atoms with Gasteiger partial charge in [0.2, 0.25) is 0 Å². The van der Waals surface area contributed by atoms with E-state index in [0.717, 1.165) is 44.5 Å². The summed E-state index contributed by atoms with van der Waals surface area (Å²) in [7, 11) is 0. The average Bonchev–Trinajstić information content (AvgIpc) is 2.77. The van der Waals surface area contributed by atoms with Crippen molar-refractivity contribution in [1.29, 1.82) is 5.26 Å². The minimum atomic E-state index is -0.187. The van der Waals surface area contributed by atoms with Crippen LogP contribution in [0.15, 0.2) is 18.2 Å². The zero-order valence-electron chi connectivity index (χ0n) is 11.9. The highest BCUT2D eigenvalue weighted by molar-refractivity contribution is 5.64. The summed E-state index contributed by atoms with van der Waals surface area (Å²) in [5.74, 6) is 0. The van der Waals surface area contributed by atoms with E-state index in [1.807, 2.05) is 19.9 Å². The summed E-state index contributed by atoms with van der Waals surface area (Å²) >= 11 is 0. The minimum Gasteiger partial charge on any atom is -0.399 e. The largest absolute Gasteiger partial charge is 0.399 e. The molecule has 19 heavy (non-hydrogen) atoms. The van der Waals surface area contributed by atoms with Crippen LogP contribution in [0.1, 0.15) is 38.7 Å². The smallest absolute Gasteiger partial charge is 0.0683 e. The summed E-state index contributed by atoms with van der Waals surface area (Å²) in [6, 6.07) is 8.57. The van der Waals surface area contributed by atoms with Crippen LogP contribution in [0, 0.1) is 16.7 Å². The van der Waals surface area contributed by atoms with Crippen molar-refractivity contribution < 1.29 is 0 Å². The first-order valence-electron chi connectivity index (χ1n) is 7.06. The van der Waals surface area contributed by atoms with Crippen LogP contribution in [0.5, 0.6) is 0 Å². The van der Waals surface area contributed by atoms with Crippen LogP contribution in [0.25, 0.3) is 0 Å². The minimum absolute atomic E-state index is 0.187. The third kappa shape index (κ3) is 3.41. The predicted molar refractivity (Wildman–Crippen MR) is 80.0 cm³/mol. The first-order valence-corrected chi connectivity index (χ1v) is 7.06. The monoisotopic (exact) mass is 257 g/mol. The van der Waals surface area contributed by atoms with E-state index in [1.165, 1.54) is 11.3 Å². The Bertz CT molecular complexity index is 485. The molecule has 0 bridgehead atoms. The molecule has 0 amide bonds. The molecule has 2 N–H and O–H groups in total. The van der Waals surface area contributed by atoms with Gasteiger partial charge in [0.25, 0.3) is 0 Å². The lowest BCUT2D eigenvalue weighted by Crippen LogP contribution is -2.22. The number of anilines is 2. The number of unbranched alkanes of at least 4 members (excludes halogenated alkanes) is 1. The number of nitrogens with two attached hydrogens (primary N) is 1. The molecule has 0 saturated carbocycles. The third-order valence-electron chi connectivity index (χ3n) is 3.88. The summed E-state index contributed by atoms with van der Waals surface area (Å²) < 4.78 is 0. The molecule has 1 aliphatic heterocycles. The highest BCUT2D eigenvalue weighted by atomic mass is 15.1. The molecule has 0 radical (unpaired) electrons. The second kappa shape index (κ2) is 5.52. The van der Waals surface area contributed by atoms with Crippen molar-refractivity contribution in [2.24, 2.45) is 5.41 Å². The lowest BCUT2D eigenvalue weighted by Gasteiger charge is -2.21. The van der Waals surface area contributed by atoms with Crippen molar-refractivity contribution in [3.05, 3.63) is 23.8 Å².